The van der Waals surface area contributed by atoms with E-state index in [0.29, 0.717) is 6.04 Å². The summed E-state index contributed by atoms with van der Waals surface area (Å²) in [5, 5.41) is 0. The Balaban J connectivity index is 1.49. The number of hydrogen-bond acceptors (Lipinski definition) is 3. The number of fused-ring (bicyclic) bond motifs is 1. The molecule has 0 bridgehead atoms. The average Bonchev–Trinajstić information content (AvgIpc) is 3.05. The van der Waals surface area contributed by atoms with E-state index in [2.05, 4.69) is 46.3 Å². The van der Waals surface area contributed by atoms with Crippen LogP contribution in [0.15, 0.2) is 58.6 Å². The predicted molar refractivity (Wildman–Crippen MR) is 91.1 cm³/mol. The van der Waals surface area contributed by atoms with Crippen LogP contribution in [0.4, 0.5) is 0 Å². The summed E-state index contributed by atoms with van der Waals surface area (Å²) in [7, 11) is 0. The first-order valence-electron chi connectivity index (χ1n) is 8.34. The fourth-order valence-electron chi connectivity index (χ4n) is 3.95. The van der Waals surface area contributed by atoms with Crippen LogP contribution in [0.1, 0.15) is 43.7 Å². The average molecular weight is 310 g/mol. The quantitative estimate of drug-likeness (QED) is 0.800. The molecule has 4 rings (SSSR count). The molecule has 2 nitrogen and oxygen atoms in total. The molecule has 2 aliphatic heterocycles. The molecule has 0 radical (unpaired) electrons. The van der Waals surface area contributed by atoms with E-state index in [1.807, 2.05) is 24.2 Å². The van der Waals surface area contributed by atoms with Crippen molar-refractivity contribution in [1.29, 1.82) is 0 Å². The summed E-state index contributed by atoms with van der Waals surface area (Å²) in [6.45, 7) is 1.29. The number of aromatic nitrogens is 1. The van der Waals surface area contributed by atoms with Crippen molar-refractivity contribution in [1.82, 2.24) is 9.88 Å². The molecule has 0 amide bonds. The van der Waals surface area contributed by atoms with Crippen LogP contribution in [-0.4, -0.2) is 22.5 Å². The largest absolute Gasteiger partial charge is 0.293 e. The zero-order valence-electron chi connectivity index (χ0n) is 12.8. The van der Waals surface area contributed by atoms with Crippen molar-refractivity contribution in [2.24, 2.45) is 0 Å². The van der Waals surface area contributed by atoms with Crippen molar-refractivity contribution >= 4 is 11.8 Å². The summed E-state index contributed by atoms with van der Waals surface area (Å²) in [6.07, 6.45) is 10.6. The topological polar surface area (TPSA) is 16.1 Å². The van der Waals surface area contributed by atoms with E-state index in [1.165, 1.54) is 54.0 Å². The van der Waals surface area contributed by atoms with Gasteiger partial charge in [-0.2, -0.15) is 0 Å². The molecule has 22 heavy (non-hydrogen) atoms. The van der Waals surface area contributed by atoms with Gasteiger partial charge in [-0.05, 0) is 68.5 Å². The first-order valence-corrected chi connectivity index (χ1v) is 9.15. The minimum absolute atomic E-state index is 0.654. The number of piperidine rings is 1. The van der Waals surface area contributed by atoms with Crippen LogP contribution >= 0.6 is 11.8 Å². The molecule has 2 aliphatic rings. The van der Waals surface area contributed by atoms with Crippen LogP contribution in [0, 0.1) is 0 Å². The van der Waals surface area contributed by atoms with Crippen LogP contribution < -0.4 is 0 Å². The van der Waals surface area contributed by atoms with Gasteiger partial charge in [-0.1, -0.05) is 23.9 Å². The Labute approximate surface area is 136 Å². The van der Waals surface area contributed by atoms with Crippen LogP contribution in [0.5, 0.6) is 0 Å². The zero-order valence-corrected chi connectivity index (χ0v) is 13.6. The van der Waals surface area contributed by atoms with Gasteiger partial charge in [0.1, 0.15) is 0 Å². The summed E-state index contributed by atoms with van der Waals surface area (Å²) in [5.41, 5.74) is 1.51. The third-order valence-corrected chi connectivity index (χ3v) is 6.00. The number of benzene rings is 1. The molecule has 0 aliphatic carbocycles. The zero-order chi connectivity index (χ0) is 14.8. The summed E-state index contributed by atoms with van der Waals surface area (Å²) < 4.78 is 0. The number of rotatable bonds is 3. The van der Waals surface area contributed by atoms with Gasteiger partial charge in [-0.15, -0.1) is 0 Å². The molecule has 2 aromatic rings. The van der Waals surface area contributed by atoms with Gasteiger partial charge in [-0.25, -0.2) is 0 Å². The van der Waals surface area contributed by atoms with Crippen molar-refractivity contribution in [3.63, 3.8) is 0 Å². The Morgan fingerprint density at radius 1 is 0.864 bits per heavy atom. The summed E-state index contributed by atoms with van der Waals surface area (Å²) in [4.78, 5) is 9.39. The minimum atomic E-state index is 0.654. The first-order chi connectivity index (χ1) is 10.9. The van der Waals surface area contributed by atoms with Gasteiger partial charge in [0.2, 0.25) is 0 Å². The van der Waals surface area contributed by atoms with Crippen LogP contribution in [0.25, 0.3) is 0 Å². The lowest BCUT2D eigenvalue weighted by atomic mass is 9.92. The third kappa shape index (κ3) is 2.92. The lowest BCUT2D eigenvalue weighted by Crippen LogP contribution is -2.37. The van der Waals surface area contributed by atoms with Crippen LogP contribution in [0.2, 0.25) is 0 Å². The number of pyridine rings is 1. The maximum atomic E-state index is 4.07. The van der Waals surface area contributed by atoms with Crippen molar-refractivity contribution in [3.8, 4) is 0 Å². The first kappa shape index (κ1) is 14.3. The standard InChI is InChI=1S/C19H22N2S/c1-3-16-4-2-14-21(16)19(5-1)15-6-8-17(9-7-15)22-18-10-12-20-13-11-18/h6-13,16,19H,1-5,14H2. The van der Waals surface area contributed by atoms with E-state index in [0.717, 1.165) is 6.04 Å². The Hall–Kier alpha value is -1.32. The monoisotopic (exact) mass is 310 g/mol. The summed E-state index contributed by atoms with van der Waals surface area (Å²) >= 11 is 1.81. The summed E-state index contributed by atoms with van der Waals surface area (Å²) in [6, 6.07) is 14.9. The molecule has 2 saturated heterocycles. The lowest BCUT2D eigenvalue weighted by Gasteiger charge is -2.38. The molecule has 0 N–H and O–H groups in total. The van der Waals surface area contributed by atoms with E-state index < -0.39 is 0 Å². The Kier molecular flexibility index (Phi) is 4.17. The predicted octanol–water partition coefficient (Wildman–Crippen LogP) is 4.92. The van der Waals surface area contributed by atoms with Crippen molar-refractivity contribution in [2.75, 3.05) is 6.54 Å². The SMILES string of the molecule is c1cc(Sc2ccc(C3CCCC4CCCN43)cc2)ccn1. The minimum Gasteiger partial charge on any atom is -0.293 e. The van der Waals surface area contributed by atoms with Gasteiger partial charge in [0, 0.05) is 34.3 Å². The van der Waals surface area contributed by atoms with Crippen molar-refractivity contribution < 1.29 is 0 Å². The summed E-state index contributed by atoms with van der Waals surface area (Å²) in [5.74, 6) is 0. The van der Waals surface area contributed by atoms with E-state index in [-0.39, 0.29) is 0 Å². The van der Waals surface area contributed by atoms with E-state index in [9.17, 15) is 0 Å². The molecule has 2 unspecified atom stereocenters. The fourth-order valence-corrected chi connectivity index (χ4v) is 4.75. The molecule has 1 aromatic carbocycles. The second-order valence-electron chi connectivity index (χ2n) is 6.33. The van der Waals surface area contributed by atoms with Gasteiger partial charge in [0.25, 0.3) is 0 Å². The maximum Gasteiger partial charge on any atom is 0.0351 e. The Morgan fingerprint density at radius 3 is 2.41 bits per heavy atom. The van der Waals surface area contributed by atoms with Gasteiger partial charge >= 0.3 is 0 Å². The molecular formula is C19H22N2S. The number of nitrogens with zero attached hydrogens (tertiary/aromatic N) is 2. The van der Waals surface area contributed by atoms with Gasteiger partial charge in [0.15, 0.2) is 0 Å². The molecule has 0 spiro atoms. The highest BCUT2D eigenvalue weighted by Gasteiger charge is 2.34. The normalized spacial score (nSPS) is 25.1. The highest BCUT2D eigenvalue weighted by atomic mass is 32.2. The molecular weight excluding hydrogens is 288 g/mol. The molecule has 1 aromatic heterocycles. The Bertz CT molecular complexity index is 611. The van der Waals surface area contributed by atoms with Gasteiger partial charge < -0.3 is 0 Å². The van der Waals surface area contributed by atoms with E-state index in [4.69, 9.17) is 0 Å². The van der Waals surface area contributed by atoms with Crippen molar-refractivity contribution in [2.45, 2.75) is 54.0 Å². The lowest BCUT2D eigenvalue weighted by molar-refractivity contribution is 0.123. The maximum absolute atomic E-state index is 4.07. The molecule has 3 heterocycles. The smallest absolute Gasteiger partial charge is 0.0351 e. The molecule has 2 atom stereocenters. The highest BCUT2D eigenvalue weighted by molar-refractivity contribution is 7.99. The van der Waals surface area contributed by atoms with Gasteiger partial charge in [0.05, 0.1) is 0 Å². The Morgan fingerprint density at radius 2 is 1.59 bits per heavy atom. The van der Waals surface area contributed by atoms with E-state index in [1.54, 1.807) is 0 Å². The fraction of sp³-hybridized carbons (Fsp3) is 0.421. The van der Waals surface area contributed by atoms with Crippen LogP contribution in [-0.2, 0) is 0 Å². The molecule has 3 heteroatoms. The molecule has 0 saturated carbocycles. The second-order valence-corrected chi connectivity index (χ2v) is 7.48. The van der Waals surface area contributed by atoms with Gasteiger partial charge in [-0.3, -0.25) is 9.88 Å². The number of hydrogen-bond donors (Lipinski definition) is 0. The molecule has 2 fully saturated rings. The third-order valence-electron chi connectivity index (χ3n) is 4.99. The second kappa shape index (κ2) is 6.43. The molecule has 114 valence electrons. The van der Waals surface area contributed by atoms with Crippen LogP contribution in [0.3, 0.4) is 0 Å². The van der Waals surface area contributed by atoms with Crippen molar-refractivity contribution in [3.05, 3.63) is 54.4 Å². The van der Waals surface area contributed by atoms with E-state index >= 15 is 0 Å². The highest BCUT2D eigenvalue weighted by Crippen LogP contribution is 2.39.